The summed E-state index contributed by atoms with van der Waals surface area (Å²) in [6.07, 6.45) is 0. The molecule has 0 bridgehead atoms. The number of aryl methyl sites for hydroxylation is 1. The average Bonchev–Trinajstić information content (AvgIpc) is 2.61. The quantitative estimate of drug-likeness (QED) is 0.568. The van der Waals surface area contributed by atoms with Gasteiger partial charge in [-0.25, -0.2) is 0 Å². The van der Waals surface area contributed by atoms with E-state index >= 15 is 0 Å². The lowest BCUT2D eigenvalue weighted by atomic mass is 10.0. The van der Waals surface area contributed by atoms with Crippen LogP contribution in [0.4, 0.5) is 11.4 Å². The van der Waals surface area contributed by atoms with Crippen molar-refractivity contribution in [3.8, 4) is 5.75 Å². The Hall–Kier alpha value is -3.41. The van der Waals surface area contributed by atoms with Crippen molar-refractivity contribution in [2.24, 2.45) is 0 Å². The second-order valence-corrected chi connectivity index (χ2v) is 5.61. The fourth-order valence-electron chi connectivity index (χ4n) is 2.66. The Morgan fingerprint density at radius 2 is 1.76 bits per heavy atom. The van der Waals surface area contributed by atoms with Gasteiger partial charge in [0.25, 0.3) is 11.6 Å². The number of hydrogen-bond acceptors (Lipinski definition) is 4. The van der Waals surface area contributed by atoms with Crippen LogP contribution in [0.3, 0.4) is 0 Å². The maximum atomic E-state index is 12.7. The topological polar surface area (TPSA) is 81.5 Å². The van der Waals surface area contributed by atoms with Crippen LogP contribution in [0.2, 0.25) is 0 Å². The molecule has 1 amide bonds. The van der Waals surface area contributed by atoms with Crippen LogP contribution in [0.25, 0.3) is 10.8 Å². The van der Waals surface area contributed by atoms with Crippen molar-refractivity contribution in [3.63, 3.8) is 0 Å². The highest BCUT2D eigenvalue weighted by Crippen LogP contribution is 2.28. The summed E-state index contributed by atoms with van der Waals surface area (Å²) in [5.74, 6) is 0.135. The second-order valence-electron chi connectivity index (χ2n) is 5.61. The third-order valence-electron chi connectivity index (χ3n) is 3.98. The largest absolute Gasteiger partial charge is 0.496 e. The molecule has 3 rings (SSSR count). The molecule has 0 aliphatic carbocycles. The standard InChI is InChI=1S/C19H16N2O4/c1-12-9-15(21(23)24)7-8-17(12)20-19(22)16-10-13-5-3-4-6-14(13)11-18(16)25-2/h3-11H,1-2H3,(H,20,22). The Kier molecular flexibility index (Phi) is 4.35. The lowest BCUT2D eigenvalue weighted by Crippen LogP contribution is -2.14. The predicted molar refractivity (Wildman–Crippen MR) is 96.3 cm³/mol. The molecule has 0 saturated heterocycles. The predicted octanol–water partition coefficient (Wildman–Crippen LogP) is 4.32. The molecule has 0 aromatic heterocycles. The van der Waals surface area contributed by atoms with Crippen LogP contribution < -0.4 is 10.1 Å². The number of nitro groups is 1. The second kappa shape index (κ2) is 6.60. The van der Waals surface area contributed by atoms with E-state index in [1.807, 2.05) is 30.3 Å². The van der Waals surface area contributed by atoms with E-state index in [1.165, 1.54) is 25.3 Å². The summed E-state index contributed by atoms with van der Waals surface area (Å²) in [6, 6.07) is 15.6. The van der Waals surface area contributed by atoms with Gasteiger partial charge in [-0.05, 0) is 41.5 Å². The highest BCUT2D eigenvalue weighted by atomic mass is 16.6. The van der Waals surface area contributed by atoms with E-state index < -0.39 is 4.92 Å². The number of methoxy groups -OCH3 is 1. The van der Waals surface area contributed by atoms with Crippen LogP contribution >= 0.6 is 0 Å². The molecule has 1 N–H and O–H groups in total. The number of fused-ring (bicyclic) bond motifs is 1. The van der Waals surface area contributed by atoms with Gasteiger partial charge in [-0.1, -0.05) is 24.3 Å². The molecule has 0 spiro atoms. The molecule has 6 nitrogen and oxygen atoms in total. The highest BCUT2D eigenvalue weighted by Gasteiger charge is 2.16. The Morgan fingerprint density at radius 1 is 1.08 bits per heavy atom. The summed E-state index contributed by atoms with van der Waals surface area (Å²) < 4.78 is 5.34. The third-order valence-corrected chi connectivity index (χ3v) is 3.98. The Bertz CT molecular complexity index is 982. The maximum Gasteiger partial charge on any atom is 0.269 e. The molecule has 25 heavy (non-hydrogen) atoms. The van der Waals surface area contributed by atoms with Crippen molar-refractivity contribution in [1.29, 1.82) is 0 Å². The zero-order chi connectivity index (χ0) is 18.0. The highest BCUT2D eigenvalue weighted by molar-refractivity contribution is 6.09. The summed E-state index contributed by atoms with van der Waals surface area (Å²) in [5, 5.41) is 15.5. The van der Waals surface area contributed by atoms with Crippen molar-refractivity contribution in [2.45, 2.75) is 6.92 Å². The first-order valence-corrected chi connectivity index (χ1v) is 7.63. The minimum atomic E-state index is -0.467. The van der Waals surface area contributed by atoms with Gasteiger partial charge in [-0.2, -0.15) is 0 Å². The fraction of sp³-hybridized carbons (Fsp3) is 0.105. The van der Waals surface area contributed by atoms with E-state index in [-0.39, 0.29) is 11.6 Å². The molecule has 0 radical (unpaired) electrons. The Labute approximate surface area is 144 Å². The monoisotopic (exact) mass is 336 g/mol. The molecule has 0 heterocycles. The number of rotatable bonds is 4. The summed E-state index contributed by atoms with van der Waals surface area (Å²) >= 11 is 0. The molecule has 0 saturated carbocycles. The van der Waals surface area contributed by atoms with Gasteiger partial charge in [0.15, 0.2) is 0 Å². The fourth-order valence-corrected chi connectivity index (χ4v) is 2.66. The number of nitrogens with zero attached hydrogens (tertiary/aromatic N) is 1. The van der Waals surface area contributed by atoms with Gasteiger partial charge < -0.3 is 10.1 Å². The number of carbonyl (C=O) groups excluding carboxylic acids is 1. The van der Waals surface area contributed by atoms with Crippen LogP contribution in [0.5, 0.6) is 5.75 Å². The molecule has 3 aromatic rings. The zero-order valence-corrected chi connectivity index (χ0v) is 13.8. The zero-order valence-electron chi connectivity index (χ0n) is 13.8. The third kappa shape index (κ3) is 3.28. The summed E-state index contributed by atoms with van der Waals surface area (Å²) in [4.78, 5) is 23.0. The maximum absolute atomic E-state index is 12.7. The molecule has 0 fully saturated rings. The Morgan fingerprint density at radius 3 is 2.36 bits per heavy atom. The van der Waals surface area contributed by atoms with Gasteiger partial charge in [0, 0.05) is 17.8 Å². The number of hydrogen-bond donors (Lipinski definition) is 1. The van der Waals surface area contributed by atoms with Crippen molar-refractivity contribution in [1.82, 2.24) is 0 Å². The van der Waals surface area contributed by atoms with Crippen LogP contribution in [0.1, 0.15) is 15.9 Å². The van der Waals surface area contributed by atoms with Crippen molar-refractivity contribution < 1.29 is 14.5 Å². The molecular weight excluding hydrogens is 320 g/mol. The van der Waals surface area contributed by atoms with Crippen molar-refractivity contribution >= 4 is 28.1 Å². The van der Waals surface area contributed by atoms with Gasteiger partial charge in [0.05, 0.1) is 17.6 Å². The van der Waals surface area contributed by atoms with Crippen molar-refractivity contribution in [3.05, 3.63) is 75.8 Å². The summed E-state index contributed by atoms with van der Waals surface area (Å²) in [6.45, 7) is 1.71. The first kappa shape index (κ1) is 16.4. The van der Waals surface area contributed by atoms with E-state index in [2.05, 4.69) is 5.32 Å². The molecule has 6 heteroatoms. The van der Waals surface area contributed by atoms with Crippen LogP contribution in [0, 0.1) is 17.0 Å². The van der Waals surface area contributed by atoms with E-state index in [0.29, 0.717) is 22.6 Å². The number of amides is 1. The SMILES string of the molecule is COc1cc2ccccc2cc1C(=O)Nc1ccc([N+](=O)[O-])cc1C. The minimum absolute atomic E-state index is 0.0150. The molecule has 126 valence electrons. The number of benzene rings is 3. The smallest absolute Gasteiger partial charge is 0.269 e. The molecular formula is C19H16N2O4. The number of anilines is 1. The van der Waals surface area contributed by atoms with Gasteiger partial charge in [-0.15, -0.1) is 0 Å². The van der Waals surface area contributed by atoms with Gasteiger partial charge in [-0.3, -0.25) is 14.9 Å². The number of nitro benzene ring substituents is 1. The first-order valence-electron chi connectivity index (χ1n) is 7.63. The Balaban J connectivity index is 1.96. The van der Waals surface area contributed by atoms with Gasteiger partial charge in [0.1, 0.15) is 5.75 Å². The molecule has 0 aliphatic rings. The minimum Gasteiger partial charge on any atom is -0.496 e. The summed E-state index contributed by atoms with van der Waals surface area (Å²) in [7, 11) is 1.51. The van der Waals surface area contributed by atoms with E-state index in [4.69, 9.17) is 4.74 Å². The summed E-state index contributed by atoms with van der Waals surface area (Å²) in [5.41, 5.74) is 1.52. The van der Waals surface area contributed by atoms with E-state index in [0.717, 1.165) is 10.8 Å². The molecule has 0 unspecified atom stereocenters. The number of ether oxygens (including phenoxy) is 1. The van der Waals surface area contributed by atoms with E-state index in [9.17, 15) is 14.9 Å². The lowest BCUT2D eigenvalue weighted by Gasteiger charge is -2.12. The number of non-ortho nitro benzene ring substituents is 1. The normalized spacial score (nSPS) is 10.5. The van der Waals surface area contributed by atoms with Gasteiger partial charge >= 0.3 is 0 Å². The lowest BCUT2D eigenvalue weighted by molar-refractivity contribution is -0.384. The van der Waals surface area contributed by atoms with Gasteiger partial charge in [0.2, 0.25) is 0 Å². The first-order chi connectivity index (χ1) is 12.0. The van der Waals surface area contributed by atoms with Crippen molar-refractivity contribution in [2.75, 3.05) is 12.4 Å². The van der Waals surface area contributed by atoms with Crippen LogP contribution in [-0.4, -0.2) is 17.9 Å². The van der Waals surface area contributed by atoms with E-state index in [1.54, 1.807) is 13.0 Å². The number of nitrogens with one attached hydrogen (secondary N) is 1. The molecule has 0 aliphatic heterocycles. The van der Waals surface area contributed by atoms with Crippen LogP contribution in [-0.2, 0) is 0 Å². The number of carbonyl (C=O) groups is 1. The average molecular weight is 336 g/mol. The molecule has 0 atom stereocenters. The molecule has 3 aromatic carbocycles. The van der Waals surface area contributed by atoms with Crippen LogP contribution in [0.15, 0.2) is 54.6 Å².